The summed E-state index contributed by atoms with van der Waals surface area (Å²) in [6.45, 7) is 2.97. The molecule has 5 nitrogen and oxygen atoms in total. The summed E-state index contributed by atoms with van der Waals surface area (Å²) in [5.74, 6) is 0.559. The lowest BCUT2D eigenvalue weighted by molar-refractivity contribution is 0.0598. The van der Waals surface area contributed by atoms with Gasteiger partial charge in [-0.15, -0.1) is 0 Å². The average Bonchev–Trinajstić information content (AvgIpc) is 2.32. The zero-order chi connectivity index (χ0) is 13.4. The Kier molecular flexibility index (Phi) is 7.05. The maximum Gasteiger partial charge on any atom is 0.315 e. The van der Waals surface area contributed by atoms with Crippen LogP contribution in [-0.4, -0.2) is 43.5 Å². The van der Waals surface area contributed by atoms with Crippen LogP contribution >= 0.6 is 0 Å². The van der Waals surface area contributed by atoms with E-state index in [1.807, 2.05) is 0 Å². The second-order valence-electron chi connectivity index (χ2n) is 5.17. The fraction of sp³-hybridized carbons (Fsp3) is 0.923. The van der Waals surface area contributed by atoms with Gasteiger partial charge in [0.15, 0.2) is 0 Å². The first-order valence-electron chi connectivity index (χ1n) is 6.85. The Hall–Kier alpha value is -0.810. The van der Waals surface area contributed by atoms with Crippen LogP contribution in [0.3, 0.4) is 0 Å². The van der Waals surface area contributed by atoms with Crippen molar-refractivity contribution < 1.29 is 14.6 Å². The minimum absolute atomic E-state index is 0.127. The molecular weight excluding hydrogens is 232 g/mol. The highest BCUT2D eigenvalue weighted by Gasteiger charge is 2.22. The smallest absolute Gasteiger partial charge is 0.315 e. The molecular formula is C13H26N2O3. The molecule has 0 aromatic heterocycles. The summed E-state index contributed by atoms with van der Waals surface area (Å²) in [6.07, 6.45) is 4.73. The molecule has 0 aliphatic heterocycles. The van der Waals surface area contributed by atoms with Crippen LogP contribution in [0.15, 0.2) is 0 Å². The molecule has 3 atom stereocenters. The van der Waals surface area contributed by atoms with Crippen LogP contribution in [0.25, 0.3) is 0 Å². The van der Waals surface area contributed by atoms with E-state index in [-0.39, 0.29) is 6.03 Å². The lowest BCUT2D eigenvalue weighted by atomic mass is 9.86. The molecule has 0 aromatic carbocycles. The van der Waals surface area contributed by atoms with Gasteiger partial charge in [-0.1, -0.05) is 19.8 Å². The number of aliphatic hydroxyl groups excluding tert-OH is 1. The van der Waals surface area contributed by atoms with Crippen molar-refractivity contribution in [2.24, 2.45) is 5.92 Å². The van der Waals surface area contributed by atoms with Gasteiger partial charge in [0.1, 0.15) is 0 Å². The number of carbonyl (C=O) groups excluding carboxylic acids is 1. The van der Waals surface area contributed by atoms with E-state index in [9.17, 15) is 9.90 Å². The first kappa shape index (κ1) is 15.2. The number of ether oxygens (including phenoxy) is 1. The van der Waals surface area contributed by atoms with Gasteiger partial charge >= 0.3 is 6.03 Å². The Morgan fingerprint density at radius 1 is 1.44 bits per heavy atom. The third kappa shape index (κ3) is 5.69. The second-order valence-corrected chi connectivity index (χ2v) is 5.17. The van der Waals surface area contributed by atoms with E-state index in [1.54, 1.807) is 7.11 Å². The summed E-state index contributed by atoms with van der Waals surface area (Å²) in [5, 5.41) is 15.2. The minimum Gasteiger partial charge on any atom is -0.391 e. The zero-order valence-corrected chi connectivity index (χ0v) is 11.4. The fourth-order valence-corrected chi connectivity index (χ4v) is 2.38. The Morgan fingerprint density at radius 2 is 2.17 bits per heavy atom. The molecule has 5 heteroatoms. The number of carbonyl (C=O) groups is 1. The SMILES string of the molecule is COCC(O)CCNC(=O)NC1CCCCC1C. The quantitative estimate of drug-likeness (QED) is 0.672. The maximum atomic E-state index is 11.7. The molecule has 106 valence electrons. The van der Waals surface area contributed by atoms with E-state index in [0.29, 0.717) is 31.5 Å². The lowest BCUT2D eigenvalue weighted by Gasteiger charge is -2.29. The van der Waals surface area contributed by atoms with Crippen molar-refractivity contribution in [3.63, 3.8) is 0 Å². The summed E-state index contributed by atoms with van der Waals surface area (Å²) < 4.78 is 4.82. The van der Waals surface area contributed by atoms with Gasteiger partial charge in [-0.2, -0.15) is 0 Å². The van der Waals surface area contributed by atoms with Crippen molar-refractivity contribution in [2.75, 3.05) is 20.3 Å². The standard InChI is InChI=1S/C13H26N2O3/c1-10-5-3-4-6-12(10)15-13(17)14-8-7-11(16)9-18-2/h10-12,16H,3-9H2,1-2H3,(H2,14,15,17). The molecule has 0 saturated heterocycles. The molecule has 1 rings (SSSR count). The number of hydrogen-bond acceptors (Lipinski definition) is 3. The van der Waals surface area contributed by atoms with Crippen molar-refractivity contribution in [3.8, 4) is 0 Å². The summed E-state index contributed by atoms with van der Waals surface area (Å²) in [5.41, 5.74) is 0. The van der Waals surface area contributed by atoms with Crippen LogP contribution in [0.1, 0.15) is 39.0 Å². The van der Waals surface area contributed by atoms with Gasteiger partial charge < -0.3 is 20.5 Å². The highest BCUT2D eigenvalue weighted by molar-refractivity contribution is 5.74. The molecule has 0 spiro atoms. The molecule has 1 saturated carbocycles. The highest BCUT2D eigenvalue weighted by Crippen LogP contribution is 2.23. The number of amides is 2. The average molecular weight is 258 g/mol. The van der Waals surface area contributed by atoms with E-state index < -0.39 is 6.10 Å². The number of hydrogen-bond donors (Lipinski definition) is 3. The number of methoxy groups -OCH3 is 1. The normalized spacial score (nSPS) is 25.5. The predicted octanol–water partition coefficient (Wildman–Crippen LogP) is 1.26. The molecule has 1 fully saturated rings. The summed E-state index contributed by atoms with van der Waals surface area (Å²) >= 11 is 0. The van der Waals surface area contributed by atoms with Gasteiger partial charge in [-0.25, -0.2) is 4.79 Å². The van der Waals surface area contributed by atoms with Crippen LogP contribution in [0.2, 0.25) is 0 Å². The Bertz CT molecular complexity index is 248. The fourth-order valence-electron chi connectivity index (χ4n) is 2.38. The zero-order valence-electron chi connectivity index (χ0n) is 11.4. The first-order chi connectivity index (χ1) is 8.63. The Balaban J connectivity index is 2.13. The monoisotopic (exact) mass is 258 g/mol. The van der Waals surface area contributed by atoms with Crippen LogP contribution in [-0.2, 0) is 4.74 Å². The van der Waals surface area contributed by atoms with Gasteiger partial charge in [-0.05, 0) is 25.2 Å². The molecule has 1 aliphatic rings. The topological polar surface area (TPSA) is 70.6 Å². The van der Waals surface area contributed by atoms with Gasteiger partial charge in [0.25, 0.3) is 0 Å². The number of urea groups is 1. The van der Waals surface area contributed by atoms with Gasteiger partial charge in [0.05, 0.1) is 12.7 Å². The van der Waals surface area contributed by atoms with Crippen molar-refractivity contribution in [3.05, 3.63) is 0 Å². The van der Waals surface area contributed by atoms with Crippen molar-refractivity contribution in [1.29, 1.82) is 0 Å². The molecule has 1 aliphatic carbocycles. The predicted molar refractivity (Wildman–Crippen MR) is 70.5 cm³/mol. The number of aliphatic hydroxyl groups is 1. The maximum absolute atomic E-state index is 11.7. The van der Waals surface area contributed by atoms with E-state index >= 15 is 0 Å². The number of nitrogens with one attached hydrogen (secondary N) is 2. The lowest BCUT2D eigenvalue weighted by Crippen LogP contribution is -2.46. The van der Waals surface area contributed by atoms with Crippen molar-refractivity contribution >= 4 is 6.03 Å². The van der Waals surface area contributed by atoms with Gasteiger partial charge in [0.2, 0.25) is 0 Å². The molecule has 18 heavy (non-hydrogen) atoms. The van der Waals surface area contributed by atoms with E-state index in [2.05, 4.69) is 17.6 Å². The Labute approximate surface area is 109 Å². The van der Waals surface area contributed by atoms with Gasteiger partial charge in [-0.3, -0.25) is 0 Å². The largest absolute Gasteiger partial charge is 0.391 e. The molecule has 3 N–H and O–H groups in total. The minimum atomic E-state index is -0.510. The Morgan fingerprint density at radius 3 is 2.83 bits per heavy atom. The summed E-state index contributed by atoms with van der Waals surface area (Å²) in [7, 11) is 1.55. The second kappa shape index (κ2) is 8.32. The van der Waals surface area contributed by atoms with Gasteiger partial charge in [0, 0.05) is 19.7 Å². The molecule has 0 heterocycles. The molecule has 3 unspecified atom stereocenters. The third-order valence-electron chi connectivity index (χ3n) is 3.55. The van der Waals surface area contributed by atoms with E-state index in [1.165, 1.54) is 19.3 Å². The molecule has 0 bridgehead atoms. The van der Waals surface area contributed by atoms with E-state index in [0.717, 1.165) is 6.42 Å². The van der Waals surface area contributed by atoms with Crippen molar-refractivity contribution in [2.45, 2.75) is 51.2 Å². The first-order valence-corrected chi connectivity index (χ1v) is 6.85. The molecule has 2 amide bonds. The molecule has 0 radical (unpaired) electrons. The molecule has 0 aromatic rings. The summed E-state index contributed by atoms with van der Waals surface area (Å²) in [4.78, 5) is 11.7. The van der Waals surface area contributed by atoms with Crippen LogP contribution in [0, 0.1) is 5.92 Å². The highest BCUT2D eigenvalue weighted by atomic mass is 16.5. The summed E-state index contributed by atoms with van der Waals surface area (Å²) in [6, 6.07) is 0.168. The van der Waals surface area contributed by atoms with Crippen LogP contribution in [0.4, 0.5) is 4.79 Å². The van der Waals surface area contributed by atoms with Crippen molar-refractivity contribution in [1.82, 2.24) is 10.6 Å². The van der Waals surface area contributed by atoms with Crippen LogP contribution in [0.5, 0.6) is 0 Å². The van der Waals surface area contributed by atoms with Crippen LogP contribution < -0.4 is 10.6 Å². The third-order valence-corrected chi connectivity index (χ3v) is 3.55. The van der Waals surface area contributed by atoms with E-state index in [4.69, 9.17) is 4.74 Å². The number of rotatable bonds is 6.